The zero-order valence-corrected chi connectivity index (χ0v) is 16.8. The largest absolute Gasteiger partial charge is 0.393 e. The van der Waals surface area contributed by atoms with E-state index in [9.17, 15) is 5.11 Å². The van der Waals surface area contributed by atoms with Crippen LogP contribution in [0.2, 0.25) is 0 Å². The van der Waals surface area contributed by atoms with Crippen LogP contribution in [-0.2, 0) is 4.74 Å². The molecule has 0 heterocycles. The quantitative estimate of drug-likeness (QED) is 0.696. The summed E-state index contributed by atoms with van der Waals surface area (Å²) in [7, 11) is 1.88. The predicted molar refractivity (Wildman–Crippen MR) is 102 cm³/mol. The van der Waals surface area contributed by atoms with Crippen molar-refractivity contribution in [3.05, 3.63) is 11.6 Å². The molecule has 2 nitrogen and oxygen atoms in total. The van der Waals surface area contributed by atoms with E-state index in [-0.39, 0.29) is 6.10 Å². The first kappa shape index (κ1) is 18.0. The van der Waals surface area contributed by atoms with Gasteiger partial charge in [0.1, 0.15) is 0 Å². The first-order valence-corrected chi connectivity index (χ1v) is 10.8. The van der Waals surface area contributed by atoms with Crippen LogP contribution in [0.5, 0.6) is 0 Å². The standard InChI is InChI=1S/C23H38O2/c1-5-16-6-7-19-21-15(14-25-4)12-17-13-18(24)8-10-23(17,3)20(21)9-11-22(16,19)2/h5,15,17-21,24H,6-14H2,1-4H3/b16-5-/t15-,17-,18-,19-,20-,21-,22+,23-/m0/s1. The van der Waals surface area contributed by atoms with E-state index in [4.69, 9.17) is 4.74 Å². The van der Waals surface area contributed by atoms with Crippen molar-refractivity contribution >= 4 is 0 Å². The zero-order valence-electron chi connectivity index (χ0n) is 16.8. The van der Waals surface area contributed by atoms with E-state index in [0.717, 1.165) is 37.2 Å². The summed E-state index contributed by atoms with van der Waals surface area (Å²) in [5.41, 5.74) is 2.63. The van der Waals surface area contributed by atoms with Gasteiger partial charge in [-0.3, -0.25) is 0 Å². The lowest BCUT2D eigenvalue weighted by Crippen LogP contribution is -2.57. The number of allylic oxidation sites excluding steroid dienone is 2. The molecule has 4 fully saturated rings. The van der Waals surface area contributed by atoms with Gasteiger partial charge in [-0.05, 0) is 98.7 Å². The summed E-state index contributed by atoms with van der Waals surface area (Å²) in [4.78, 5) is 0. The SMILES string of the molecule is C/C=C1/CC[C@H]2[C@@H]3[C@H](COC)C[C@H]4C[C@@H](O)CC[C@]4(C)[C@H]3CC[C@]12C. The minimum Gasteiger partial charge on any atom is -0.393 e. The highest BCUT2D eigenvalue weighted by Crippen LogP contribution is 2.68. The molecule has 4 saturated carbocycles. The molecule has 4 aliphatic carbocycles. The van der Waals surface area contributed by atoms with Gasteiger partial charge in [0.2, 0.25) is 0 Å². The van der Waals surface area contributed by atoms with Gasteiger partial charge >= 0.3 is 0 Å². The topological polar surface area (TPSA) is 29.5 Å². The van der Waals surface area contributed by atoms with E-state index in [1.54, 1.807) is 5.57 Å². The lowest BCUT2D eigenvalue weighted by Gasteiger charge is -2.62. The maximum absolute atomic E-state index is 10.3. The lowest BCUT2D eigenvalue weighted by molar-refractivity contribution is -0.151. The van der Waals surface area contributed by atoms with Crippen LogP contribution in [0, 0.1) is 40.4 Å². The zero-order chi connectivity index (χ0) is 17.8. The minimum atomic E-state index is -0.0622. The molecule has 0 amide bonds. The third kappa shape index (κ3) is 2.57. The Morgan fingerprint density at radius 3 is 2.64 bits per heavy atom. The number of methoxy groups -OCH3 is 1. The van der Waals surface area contributed by atoms with E-state index in [0.29, 0.717) is 22.7 Å². The first-order valence-electron chi connectivity index (χ1n) is 10.8. The number of ether oxygens (including phenoxy) is 1. The van der Waals surface area contributed by atoms with Crippen molar-refractivity contribution in [2.24, 2.45) is 40.4 Å². The van der Waals surface area contributed by atoms with Crippen LogP contribution in [0.15, 0.2) is 11.6 Å². The highest BCUT2D eigenvalue weighted by atomic mass is 16.5. The molecule has 1 N–H and O–H groups in total. The summed E-state index contributed by atoms with van der Waals surface area (Å²) in [6, 6.07) is 0. The number of fused-ring (bicyclic) bond motifs is 5. The van der Waals surface area contributed by atoms with Gasteiger partial charge in [0.05, 0.1) is 6.10 Å². The van der Waals surface area contributed by atoms with Crippen molar-refractivity contribution in [3.8, 4) is 0 Å². The van der Waals surface area contributed by atoms with Gasteiger partial charge in [0.25, 0.3) is 0 Å². The Kier molecular flexibility index (Phi) is 4.60. The molecule has 0 aliphatic heterocycles. The number of aliphatic hydroxyl groups excluding tert-OH is 1. The Morgan fingerprint density at radius 2 is 1.92 bits per heavy atom. The fourth-order valence-electron chi connectivity index (χ4n) is 8.11. The molecule has 0 bridgehead atoms. The van der Waals surface area contributed by atoms with Crippen LogP contribution in [0.25, 0.3) is 0 Å². The van der Waals surface area contributed by atoms with Gasteiger partial charge in [-0.15, -0.1) is 0 Å². The molecule has 2 heteroatoms. The van der Waals surface area contributed by atoms with Crippen molar-refractivity contribution in [2.75, 3.05) is 13.7 Å². The molecule has 0 spiro atoms. The van der Waals surface area contributed by atoms with Gasteiger partial charge < -0.3 is 9.84 Å². The second-order valence-electron chi connectivity index (χ2n) is 10.2. The maximum Gasteiger partial charge on any atom is 0.0543 e. The van der Waals surface area contributed by atoms with Crippen molar-refractivity contribution in [1.29, 1.82) is 0 Å². The molecule has 142 valence electrons. The maximum atomic E-state index is 10.3. The summed E-state index contributed by atoms with van der Waals surface area (Å²) >= 11 is 0. The lowest BCUT2D eigenvalue weighted by atomic mass is 9.43. The highest BCUT2D eigenvalue weighted by Gasteiger charge is 2.61. The number of aliphatic hydroxyl groups is 1. The third-order valence-corrected chi connectivity index (χ3v) is 9.39. The van der Waals surface area contributed by atoms with Gasteiger partial charge in [-0.1, -0.05) is 25.5 Å². The highest BCUT2D eigenvalue weighted by molar-refractivity contribution is 5.24. The number of hydrogen-bond donors (Lipinski definition) is 1. The molecule has 0 aromatic heterocycles. The summed E-state index contributed by atoms with van der Waals surface area (Å²) in [5, 5.41) is 10.3. The number of rotatable bonds is 2. The van der Waals surface area contributed by atoms with Crippen molar-refractivity contribution in [3.63, 3.8) is 0 Å². The predicted octanol–water partition coefficient (Wildman–Crippen LogP) is 5.21. The van der Waals surface area contributed by atoms with Crippen molar-refractivity contribution in [1.82, 2.24) is 0 Å². The van der Waals surface area contributed by atoms with E-state index in [1.165, 1.54) is 38.5 Å². The van der Waals surface area contributed by atoms with Crippen LogP contribution in [0.4, 0.5) is 0 Å². The van der Waals surface area contributed by atoms with Gasteiger partial charge in [-0.2, -0.15) is 0 Å². The summed E-state index contributed by atoms with van der Waals surface area (Å²) in [6.07, 6.45) is 12.4. The van der Waals surface area contributed by atoms with Crippen LogP contribution in [0.3, 0.4) is 0 Å². The average Bonchev–Trinajstić information content (AvgIpc) is 2.93. The van der Waals surface area contributed by atoms with E-state index < -0.39 is 0 Å². The molecule has 0 saturated heterocycles. The summed E-state index contributed by atoms with van der Waals surface area (Å²) in [6.45, 7) is 8.32. The monoisotopic (exact) mass is 346 g/mol. The molecule has 0 aromatic carbocycles. The molecule has 0 radical (unpaired) electrons. The number of hydrogen-bond acceptors (Lipinski definition) is 2. The Morgan fingerprint density at radius 1 is 1.12 bits per heavy atom. The normalized spacial score (nSPS) is 54.0. The molecule has 0 aromatic rings. The fourth-order valence-corrected chi connectivity index (χ4v) is 8.11. The summed E-state index contributed by atoms with van der Waals surface area (Å²) < 4.78 is 5.73. The van der Waals surface area contributed by atoms with Crippen LogP contribution < -0.4 is 0 Å². The van der Waals surface area contributed by atoms with Gasteiger partial charge in [-0.25, -0.2) is 0 Å². The molecular formula is C23H38O2. The molecule has 4 rings (SSSR count). The van der Waals surface area contributed by atoms with Crippen LogP contribution in [-0.4, -0.2) is 24.9 Å². The van der Waals surface area contributed by atoms with E-state index >= 15 is 0 Å². The van der Waals surface area contributed by atoms with Crippen LogP contribution >= 0.6 is 0 Å². The fraction of sp³-hybridized carbons (Fsp3) is 0.913. The molecule has 25 heavy (non-hydrogen) atoms. The second-order valence-corrected chi connectivity index (χ2v) is 10.2. The Bertz CT molecular complexity index is 540. The second kappa shape index (κ2) is 6.37. The van der Waals surface area contributed by atoms with Crippen molar-refractivity contribution in [2.45, 2.75) is 78.2 Å². The average molecular weight is 347 g/mol. The Hall–Kier alpha value is -0.340. The molecule has 4 aliphatic rings. The molecule has 8 atom stereocenters. The van der Waals surface area contributed by atoms with Gasteiger partial charge in [0.15, 0.2) is 0 Å². The molecule has 0 unspecified atom stereocenters. The van der Waals surface area contributed by atoms with Crippen LogP contribution in [0.1, 0.15) is 72.1 Å². The molecular weight excluding hydrogens is 308 g/mol. The first-order chi connectivity index (χ1) is 11.9. The Labute approximate surface area is 154 Å². The van der Waals surface area contributed by atoms with Crippen molar-refractivity contribution < 1.29 is 9.84 Å². The smallest absolute Gasteiger partial charge is 0.0543 e. The minimum absolute atomic E-state index is 0.0622. The van der Waals surface area contributed by atoms with E-state index in [2.05, 4.69) is 26.8 Å². The van der Waals surface area contributed by atoms with E-state index in [1.807, 2.05) is 7.11 Å². The summed E-state index contributed by atoms with van der Waals surface area (Å²) in [5.74, 6) is 3.91. The van der Waals surface area contributed by atoms with Gasteiger partial charge in [0, 0.05) is 13.7 Å². The third-order valence-electron chi connectivity index (χ3n) is 9.39. The Balaban J connectivity index is 1.70.